The Morgan fingerprint density at radius 3 is 2.40 bits per heavy atom. The Hall–Kier alpha value is -2.06. The molecule has 4 nitrogen and oxygen atoms in total. The van der Waals surface area contributed by atoms with E-state index in [0.29, 0.717) is 12.2 Å². The number of hydrogen-bond acceptors (Lipinski definition) is 5. The van der Waals surface area contributed by atoms with Gasteiger partial charge < -0.3 is 4.74 Å². The molecule has 0 aliphatic carbocycles. The third-order valence-electron chi connectivity index (χ3n) is 2.53. The number of benzene rings is 1. The van der Waals surface area contributed by atoms with Crippen molar-refractivity contribution in [3.8, 4) is 11.8 Å². The van der Waals surface area contributed by atoms with Crippen LogP contribution in [0.3, 0.4) is 0 Å². The van der Waals surface area contributed by atoms with Crippen LogP contribution in [0.25, 0.3) is 0 Å². The molecule has 0 atom stereocenters. The Morgan fingerprint density at radius 2 is 1.80 bits per heavy atom. The fourth-order valence-electron chi connectivity index (χ4n) is 1.68. The van der Waals surface area contributed by atoms with Crippen molar-refractivity contribution in [1.82, 2.24) is 9.97 Å². The molecule has 0 fully saturated rings. The summed E-state index contributed by atoms with van der Waals surface area (Å²) in [5.74, 6) is 1.55. The highest BCUT2D eigenvalue weighted by Crippen LogP contribution is 2.15. The van der Waals surface area contributed by atoms with Gasteiger partial charge in [-0.2, -0.15) is 5.26 Å². The second-order valence-corrected chi connectivity index (χ2v) is 5.33. The zero-order valence-electron chi connectivity index (χ0n) is 11.5. The van der Waals surface area contributed by atoms with Crippen molar-refractivity contribution in [2.45, 2.75) is 19.0 Å². The molecule has 20 heavy (non-hydrogen) atoms. The van der Waals surface area contributed by atoms with Gasteiger partial charge in [0.05, 0.1) is 18.2 Å². The first-order valence-electron chi connectivity index (χ1n) is 6.25. The molecule has 5 heteroatoms. The zero-order chi connectivity index (χ0) is 14.4. The Morgan fingerprint density at radius 1 is 1.15 bits per heavy atom. The largest absolute Gasteiger partial charge is 0.493 e. The summed E-state index contributed by atoms with van der Waals surface area (Å²) in [4.78, 5) is 8.72. The normalized spacial score (nSPS) is 10.1. The van der Waals surface area contributed by atoms with E-state index >= 15 is 0 Å². The van der Waals surface area contributed by atoms with E-state index < -0.39 is 0 Å². The van der Waals surface area contributed by atoms with Crippen molar-refractivity contribution in [2.75, 3.05) is 12.4 Å². The van der Waals surface area contributed by atoms with Crippen LogP contribution in [-0.4, -0.2) is 22.3 Å². The first kappa shape index (κ1) is 14.4. The molecule has 0 aliphatic heterocycles. The van der Waals surface area contributed by atoms with Crippen molar-refractivity contribution >= 4 is 11.8 Å². The zero-order valence-corrected chi connectivity index (χ0v) is 12.3. The highest BCUT2D eigenvalue weighted by molar-refractivity contribution is 7.99. The summed E-state index contributed by atoms with van der Waals surface area (Å²) in [6.45, 7) is 4.50. The Kier molecular flexibility index (Phi) is 4.97. The number of hydrogen-bond donors (Lipinski definition) is 0. The van der Waals surface area contributed by atoms with E-state index in [1.807, 2.05) is 19.9 Å². The molecule has 0 unspecified atom stereocenters. The number of ether oxygens (including phenoxy) is 1. The standard InChI is InChI=1S/C15H15N3OS/c1-11-9-12(2)18-15(17-11)20-8-7-19-14-5-3-13(10-16)4-6-14/h3-6,9H,7-8H2,1-2H3. The second-order valence-electron chi connectivity index (χ2n) is 4.27. The van der Waals surface area contributed by atoms with Crippen LogP contribution >= 0.6 is 11.8 Å². The molecule has 0 bridgehead atoms. The van der Waals surface area contributed by atoms with E-state index in [-0.39, 0.29) is 0 Å². The summed E-state index contributed by atoms with van der Waals surface area (Å²) in [6.07, 6.45) is 0. The lowest BCUT2D eigenvalue weighted by Gasteiger charge is -2.06. The maximum atomic E-state index is 8.71. The topological polar surface area (TPSA) is 58.8 Å². The Balaban J connectivity index is 1.79. The minimum atomic E-state index is 0.576. The van der Waals surface area contributed by atoms with Crippen LogP contribution in [0.4, 0.5) is 0 Å². The van der Waals surface area contributed by atoms with Gasteiger partial charge in [0.1, 0.15) is 5.75 Å². The smallest absolute Gasteiger partial charge is 0.188 e. The first-order valence-corrected chi connectivity index (χ1v) is 7.24. The number of aromatic nitrogens is 2. The maximum Gasteiger partial charge on any atom is 0.188 e. The minimum Gasteiger partial charge on any atom is -0.493 e. The molecule has 0 amide bonds. The second kappa shape index (κ2) is 6.92. The predicted octanol–water partition coefficient (Wildman–Crippen LogP) is 3.14. The summed E-state index contributed by atoms with van der Waals surface area (Å²) in [6, 6.07) is 11.1. The van der Waals surface area contributed by atoms with Crippen molar-refractivity contribution < 1.29 is 4.74 Å². The van der Waals surface area contributed by atoms with Gasteiger partial charge in [0.2, 0.25) is 0 Å². The van der Waals surface area contributed by atoms with Crippen LogP contribution < -0.4 is 4.74 Å². The molecule has 2 rings (SSSR count). The quantitative estimate of drug-likeness (QED) is 0.480. The fourth-order valence-corrected chi connectivity index (χ4v) is 2.44. The Labute approximate surface area is 122 Å². The van der Waals surface area contributed by atoms with Crippen molar-refractivity contribution in [3.05, 3.63) is 47.3 Å². The van der Waals surface area contributed by atoms with E-state index in [1.165, 1.54) is 0 Å². The van der Waals surface area contributed by atoms with Gasteiger partial charge in [0.25, 0.3) is 0 Å². The minimum absolute atomic E-state index is 0.576. The maximum absolute atomic E-state index is 8.71. The molecule has 0 N–H and O–H groups in total. The molecule has 1 aromatic heterocycles. The molecule has 1 heterocycles. The summed E-state index contributed by atoms with van der Waals surface area (Å²) < 4.78 is 5.60. The van der Waals surface area contributed by atoms with Crippen LogP contribution in [0.15, 0.2) is 35.5 Å². The van der Waals surface area contributed by atoms with Crippen LogP contribution in [0.2, 0.25) is 0 Å². The molecule has 0 saturated heterocycles. The van der Waals surface area contributed by atoms with Gasteiger partial charge in [-0.1, -0.05) is 11.8 Å². The number of nitrogens with zero attached hydrogens (tertiary/aromatic N) is 3. The Bertz CT molecular complexity index is 600. The molecular weight excluding hydrogens is 270 g/mol. The SMILES string of the molecule is Cc1cc(C)nc(SCCOc2ccc(C#N)cc2)n1. The lowest BCUT2D eigenvalue weighted by molar-refractivity contribution is 0.344. The number of nitriles is 1. The van der Waals surface area contributed by atoms with Crippen LogP contribution in [0, 0.1) is 25.2 Å². The molecule has 0 aliphatic rings. The van der Waals surface area contributed by atoms with E-state index in [1.54, 1.807) is 36.0 Å². The van der Waals surface area contributed by atoms with Crippen molar-refractivity contribution in [3.63, 3.8) is 0 Å². The number of aryl methyl sites for hydroxylation is 2. The van der Waals surface area contributed by atoms with E-state index in [9.17, 15) is 0 Å². The summed E-state index contributed by atoms with van der Waals surface area (Å²) in [5.41, 5.74) is 2.59. The molecule has 102 valence electrons. The number of thioether (sulfide) groups is 1. The lowest BCUT2D eigenvalue weighted by atomic mass is 10.2. The summed E-state index contributed by atoms with van der Waals surface area (Å²) >= 11 is 1.58. The molecule has 0 radical (unpaired) electrons. The lowest BCUT2D eigenvalue weighted by Crippen LogP contribution is -2.01. The third kappa shape index (κ3) is 4.25. The van der Waals surface area contributed by atoms with Gasteiger partial charge in [0, 0.05) is 17.1 Å². The molecule has 0 spiro atoms. The van der Waals surface area contributed by atoms with Crippen LogP contribution in [0.1, 0.15) is 17.0 Å². The van der Waals surface area contributed by atoms with Gasteiger partial charge in [-0.25, -0.2) is 9.97 Å². The third-order valence-corrected chi connectivity index (χ3v) is 3.34. The van der Waals surface area contributed by atoms with Gasteiger partial charge in [-0.15, -0.1) is 0 Å². The van der Waals surface area contributed by atoms with Gasteiger partial charge in [-0.05, 0) is 44.2 Å². The molecule has 1 aromatic carbocycles. The van der Waals surface area contributed by atoms with E-state index in [2.05, 4.69) is 16.0 Å². The van der Waals surface area contributed by atoms with E-state index in [0.717, 1.165) is 28.0 Å². The highest BCUT2D eigenvalue weighted by atomic mass is 32.2. The highest BCUT2D eigenvalue weighted by Gasteiger charge is 2.01. The summed E-state index contributed by atoms with van der Waals surface area (Å²) in [7, 11) is 0. The summed E-state index contributed by atoms with van der Waals surface area (Å²) in [5, 5.41) is 9.49. The average molecular weight is 285 g/mol. The van der Waals surface area contributed by atoms with Gasteiger partial charge >= 0.3 is 0 Å². The van der Waals surface area contributed by atoms with Gasteiger partial charge in [-0.3, -0.25) is 0 Å². The van der Waals surface area contributed by atoms with Crippen molar-refractivity contribution in [1.29, 1.82) is 5.26 Å². The van der Waals surface area contributed by atoms with E-state index in [4.69, 9.17) is 10.00 Å². The molecular formula is C15H15N3OS. The molecule has 0 saturated carbocycles. The average Bonchev–Trinajstić information content (AvgIpc) is 2.43. The van der Waals surface area contributed by atoms with Crippen LogP contribution in [0.5, 0.6) is 5.75 Å². The predicted molar refractivity (Wildman–Crippen MR) is 78.9 cm³/mol. The first-order chi connectivity index (χ1) is 9.67. The van der Waals surface area contributed by atoms with Crippen molar-refractivity contribution in [2.24, 2.45) is 0 Å². The van der Waals surface area contributed by atoms with Gasteiger partial charge in [0.15, 0.2) is 5.16 Å². The fraction of sp³-hybridized carbons (Fsp3) is 0.267. The number of rotatable bonds is 5. The monoisotopic (exact) mass is 285 g/mol. The molecule has 2 aromatic rings. The van der Waals surface area contributed by atoms with Crippen LogP contribution in [-0.2, 0) is 0 Å².